The zero-order valence-corrected chi connectivity index (χ0v) is 7.92. The Morgan fingerprint density at radius 2 is 2.00 bits per heavy atom. The van der Waals surface area contributed by atoms with Gasteiger partial charge in [-0.15, -0.1) is 6.58 Å². The van der Waals surface area contributed by atoms with Gasteiger partial charge in [0.15, 0.2) is 0 Å². The van der Waals surface area contributed by atoms with Crippen LogP contribution in [0.5, 0.6) is 0 Å². The molecule has 0 saturated carbocycles. The van der Waals surface area contributed by atoms with E-state index < -0.39 is 0 Å². The quantitative estimate of drug-likeness (QED) is 0.528. The second-order valence-electron chi connectivity index (χ2n) is 2.40. The van der Waals surface area contributed by atoms with Gasteiger partial charge in [0.25, 0.3) is 0 Å². The van der Waals surface area contributed by atoms with Crippen LogP contribution >= 0.6 is 15.9 Å². The predicted molar refractivity (Wildman–Crippen MR) is 52.9 cm³/mol. The summed E-state index contributed by atoms with van der Waals surface area (Å²) in [7, 11) is 0. The van der Waals surface area contributed by atoms with Crippen molar-refractivity contribution in [3.8, 4) is 0 Å². The Kier molecular flexibility index (Phi) is 3.37. The number of hydrogen-bond acceptors (Lipinski definition) is 0. The molecule has 0 saturated heterocycles. The topological polar surface area (TPSA) is 0 Å². The van der Waals surface area contributed by atoms with E-state index in [2.05, 4.69) is 34.6 Å². The first kappa shape index (κ1) is 8.54. The highest BCUT2D eigenvalue weighted by atomic mass is 79.9. The fraction of sp³-hybridized carbons (Fsp3) is 0.200. The van der Waals surface area contributed by atoms with E-state index in [0.717, 1.165) is 6.42 Å². The Labute approximate surface area is 76.1 Å². The standard InChI is InChI=1S/C10H11Br/c1-2-6-10(11)9-7-4-3-5-8-9/h2-5,7-8,10H,1,6H2. The lowest BCUT2D eigenvalue weighted by molar-refractivity contribution is 0.992. The number of alkyl halides is 1. The summed E-state index contributed by atoms with van der Waals surface area (Å²) in [6.07, 6.45) is 2.90. The van der Waals surface area contributed by atoms with Crippen LogP contribution in [0.3, 0.4) is 0 Å². The Morgan fingerprint density at radius 1 is 1.36 bits per heavy atom. The van der Waals surface area contributed by atoms with Crippen LogP contribution in [0.15, 0.2) is 43.0 Å². The van der Waals surface area contributed by atoms with Gasteiger partial charge in [-0.2, -0.15) is 0 Å². The summed E-state index contributed by atoms with van der Waals surface area (Å²) >= 11 is 3.57. The normalized spacial score (nSPS) is 12.5. The highest BCUT2D eigenvalue weighted by Gasteiger charge is 2.02. The van der Waals surface area contributed by atoms with E-state index in [4.69, 9.17) is 0 Å². The van der Waals surface area contributed by atoms with Crippen molar-refractivity contribution >= 4 is 15.9 Å². The second-order valence-corrected chi connectivity index (χ2v) is 3.51. The van der Waals surface area contributed by atoms with Gasteiger partial charge in [-0.05, 0) is 12.0 Å². The monoisotopic (exact) mass is 210 g/mol. The lowest BCUT2D eigenvalue weighted by Crippen LogP contribution is -1.85. The van der Waals surface area contributed by atoms with Crippen molar-refractivity contribution in [3.05, 3.63) is 48.6 Å². The zero-order chi connectivity index (χ0) is 8.10. The van der Waals surface area contributed by atoms with Crippen LogP contribution < -0.4 is 0 Å². The molecule has 0 N–H and O–H groups in total. The van der Waals surface area contributed by atoms with E-state index in [-0.39, 0.29) is 0 Å². The molecule has 58 valence electrons. The van der Waals surface area contributed by atoms with E-state index in [1.54, 1.807) is 0 Å². The summed E-state index contributed by atoms with van der Waals surface area (Å²) in [6.45, 7) is 3.70. The number of hydrogen-bond donors (Lipinski definition) is 0. The van der Waals surface area contributed by atoms with Gasteiger partial charge in [0.05, 0.1) is 0 Å². The van der Waals surface area contributed by atoms with Crippen LogP contribution in [-0.4, -0.2) is 0 Å². The Hall–Kier alpha value is -0.560. The molecule has 0 heterocycles. The van der Waals surface area contributed by atoms with E-state index in [9.17, 15) is 0 Å². The highest BCUT2D eigenvalue weighted by Crippen LogP contribution is 2.25. The van der Waals surface area contributed by atoms with Crippen LogP contribution in [0.25, 0.3) is 0 Å². The van der Waals surface area contributed by atoms with Crippen LogP contribution in [0.4, 0.5) is 0 Å². The van der Waals surface area contributed by atoms with E-state index in [1.165, 1.54) is 5.56 Å². The third-order valence-electron chi connectivity index (χ3n) is 1.53. The number of halogens is 1. The van der Waals surface area contributed by atoms with Gasteiger partial charge in [0.1, 0.15) is 0 Å². The van der Waals surface area contributed by atoms with Crippen LogP contribution in [-0.2, 0) is 0 Å². The molecule has 0 aromatic heterocycles. The van der Waals surface area contributed by atoms with Crippen LogP contribution in [0.2, 0.25) is 0 Å². The van der Waals surface area contributed by atoms with E-state index in [1.807, 2.05) is 24.3 Å². The largest absolute Gasteiger partial charge is 0.103 e. The van der Waals surface area contributed by atoms with Gasteiger partial charge in [-0.3, -0.25) is 0 Å². The molecule has 0 radical (unpaired) electrons. The lowest BCUT2D eigenvalue weighted by atomic mass is 10.1. The summed E-state index contributed by atoms with van der Waals surface area (Å²) in [6, 6.07) is 10.3. The molecule has 11 heavy (non-hydrogen) atoms. The van der Waals surface area contributed by atoms with Crippen LogP contribution in [0.1, 0.15) is 16.8 Å². The molecular weight excluding hydrogens is 200 g/mol. The minimum absolute atomic E-state index is 0.418. The average molecular weight is 211 g/mol. The summed E-state index contributed by atoms with van der Waals surface area (Å²) < 4.78 is 0. The molecule has 1 atom stereocenters. The molecule has 0 amide bonds. The zero-order valence-electron chi connectivity index (χ0n) is 6.33. The smallest absolute Gasteiger partial charge is 0.0429 e. The predicted octanol–water partition coefficient (Wildman–Crippen LogP) is 3.70. The van der Waals surface area contributed by atoms with Crippen molar-refractivity contribution in [1.29, 1.82) is 0 Å². The summed E-state index contributed by atoms with van der Waals surface area (Å²) in [5, 5.41) is 0. The van der Waals surface area contributed by atoms with Crippen molar-refractivity contribution < 1.29 is 0 Å². The summed E-state index contributed by atoms with van der Waals surface area (Å²) in [5.74, 6) is 0. The molecule has 1 aromatic carbocycles. The highest BCUT2D eigenvalue weighted by molar-refractivity contribution is 9.09. The number of allylic oxidation sites excluding steroid dienone is 1. The van der Waals surface area contributed by atoms with Gasteiger partial charge in [-0.25, -0.2) is 0 Å². The number of benzene rings is 1. The molecule has 1 heteroatoms. The average Bonchev–Trinajstić information content (AvgIpc) is 2.07. The molecule has 1 unspecified atom stereocenters. The number of rotatable bonds is 3. The Bertz CT molecular complexity index is 216. The van der Waals surface area contributed by atoms with Crippen molar-refractivity contribution in [2.75, 3.05) is 0 Å². The molecular formula is C10H11Br. The van der Waals surface area contributed by atoms with E-state index >= 15 is 0 Å². The first-order valence-corrected chi connectivity index (χ1v) is 4.56. The van der Waals surface area contributed by atoms with Crippen molar-refractivity contribution in [1.82, 2.24) is 0 Å². The molecule has 0 aliphatic rings. The fourth-order valence-corrected chi connectivity index (χ4v) is 1.51. The van der Waals surface area contributed by atoms with Crippen molar-refractivity contribution in [2.24, 2.45) is 0 Å². The third kappa shape index (κ3) is 2.51. The summed E-state index contributed by atoms with van der Waals surface area (Å²) in [4.78, 5) is 0.418. The van der Waals surface area contributed by atoms with Crippen molar-refractivity contribution in [3.63, 3.8) is 0 Å². The molecule has 0 fully saturated rings. The molecule has 0 nitrogen and oxygen atoms in total. The lowest BCUT2D eigenvalue weighted by Gasteiger charge is -2.05. The third-order valence-corrected chi connectivity index (χ3v) is 2.44. The fourth-order valence-electron chi connectivity index (χ4n) is 0.944. The Balaban J connectivity index is 2.68. The van der Waals surface area contributed by atoms with Gasteiger partial charge < -0.3 is 0 Å². The Morgan fingerprint density at radius 3 is 2.55 bits per heavy atom. The van der Waals surface area contributed by atoms with Gasteiger partial charge in [-0.1, -0.05) is 52.3 Å². The maximum atomic E-state index is 3.70. The molecule has 0 spiro atoms. The molecule has 0 aliphatic heterocycles. The van der Waals surface area contributed by atoms with Gasteiger partial charge in [0, 0.05) is 4.83 Å². The summed E-state index contributed by atoms with van der Waals surface area (Å²) in [5.41, 5.74) is 1.31. The SMILES string of the molecule is C=CCC(Br)c1ccccc1. The first-order chi connectivity index (χ1) is 5.34. The van der Waals surface area contributed by atoms with Gasteiger partial charge in [0.2, 0.25) is 0 Å². The maximum Gasteiger partial charge on any atom is 0.0429 e. The van der Waals surface area contributed by atoms with E-state index in [0.29, 0.717) is 4.83 Å². The molecule has 1 rings (SSSR count). The maximum absolute atomic E-state index is 3.70. The van der Waals surface area contributed by atoms with Gasteiger partial charge >= 0.3 is 0 Å². The van der Waals surface area contributed by atoms with Crippen LogP contribution in [0, 0.1) is 0 Å². The second kappa shape index (κ2) is 4.35. The minimum atomic E-state index is 0.418. The molecule has 1 aromatic rings. The molecule has 0 bridgehead atoms. The minimum Gasteiger partial charge on any atom is -0.103 e. The first-order valence-electron chi connectivity index (χ1n) is 3.64. The van der Waals surface area contributed by atoms with Crippen molar-refractivity contribution in [2.45, 2.75) is 11.2 Å². The molecule has 0 aliphatic carbocycles.